The monoisotopic (exact) mass is 219 g/mol. The minimum atomic E-state index is -0.207. The van der Waals surface area contributed by atoms with Crippen LogP contribution in [0.25, 0.3) is 11.0 Å². The number of para-hydroxylation sites is 2. The Balaban J connectivity index is 2.31. The molecule has 1 aromatic heterocycles. The number of benzene rings is 1. The summed E-state index contributed by atoms with van der Waals surface area (Å²) in [6, 6.07) is 7.70. The predicted octanol–water partition coefficient (Wildman–Crippen LogP) is 1.16. The van der Waals surface area contributed by atoms with Gasteiger partial charge in [0.25, 0.3) is 5.91 Å². The lowest BCUT2D eigenvalue weighted by molar-refractivity contribution is -0.119. The fourth-order valence-corrected chi connectivity index (χ4v) is 1.55. The number of methoxy groups -OCH3 is 1. The summed E-state index contributed by atoms with van der Waals surface area (Å²) in [4.78, 5) is 15.7. The number of fused-ring (bicyclic) bond motifs is 1. The van der Waals surface area contributed by atoms with Crippen LogP contribution in [0.1, 0.15) is 0 Å². The van der Waals surface area contributed by atoms with E-state index in [1.807, 2.05) is 35.9 Å². The van der Waals surface area contributed by atoms with Crippen LogP contribution in [0, 0.1) is 0 Å². The van der Waals surface area contributed by atoms with Crippen LogP contribution in [0.5, 0.6) is 0 Å². The molecule has 1 amide bonds. The van der Waals surface area contributed by atoms with Crippen LogP contribution in [0.15, 0.2) is 24.3 Å². The Morgan fingerprint density at radius 1 is 1.50 bits per heavy atom. The van der Waals surface area contributed by atoms with E-state index >= 15 is 0 Å². The Labute approximate surface area is 93.0 Å². The zero-order valence-electron chi connectivity index (χ0n) is 9.23. The van der Waals surface area contributed by atoms with E-state index in [1.165, 1.54) is 7.11 Å². The van der Waals surface area contributed by atoms with Gasteiger partial charge in [0.15, 0.2) is 0 Å². The van der Waals surface area contributed by atoms with Crippen LogP contribution in [0.2, 0.25) is 0 Å². The number of aryl methyl sites for hydroxylation is 1. The van der Waals surface area contributed by atoms with E-state index in [0.717, 1.165) is 11.0 Å². The molecular formula is C11H13N3O2. The largest absolute Gasteiger partial charge is 0.375 e. The first-order chi connectivity index (χ1) is 7.72. The molecule has 0 aliphatic rings. The predicted molar refractivity (Wildman–Crippen MR) is 61.2 cm³/mol. The normalized spacial score (nSPS) is 10.6. The van der Waals surface area contributed by atoms with Gasteiger partial charge in [0.2, 0.25) is 5.95 Å². The molecule has 1 N–H and O–H groups in total. The molecule has 84 valence electrons. The molecule has 0 saturated carbocycles. The van der Waals surface area contributed by atoms with Crippen molar-refractivity contribution in [1.82, 2.24) is 9.55 Å². The third kappa shape index (κ3) is 1.90. The lowest BCUT2D eigenvalue weighted by Crippen LogP contribution is -2.19. The molecule has 1 heterocycles. The fraction of sp³-hybridized carbons (Fsp3) is 0.273. The molecule has 0 radical (unpaired) electrons. The van der Waals surface area contributed by atoms with Crippen LogP contribution in [0.3, 0.4) is 0 Å². The van der Waals surface area contributed by atoms with Gasteiger partial charge in [-0.3, -0.25) is 10.1 Å². The van der Waals surface area contributed by atoms with Gasteiger partial charge < -0.3 is 9.30 Å². The lowest BCUT2D eigenvalue weighted by atomic mass is 10.3. The molecule has 0 bridgehead atoms. The number of amides is 1. The Morgan fingerprint density at radius 2 is 2.25 bits per heavy atom. The first kappa shape index (κ1) is 10.6. The van der Waals surface area contributed by atoms with Crippen molar-refractivity contribution in [2.45, 2.75) is 0 Å². The maximum absolute atomic E-state index is 11.4. The zero-order valence-corrected chi connectivity index (χ0v) is 9.23. The maximum Gasteiger partial charge on any atom is 0.252 e. The van der Waals surface area contributed by atoms with E-state index in [0.29, 0.717) is 5.95 Å². The van der Waals surface area contributed by atoms with E-state index in [9.17, 15) is 4.79 Å². The first-order valence-corrected chi connectivity index (χ1v) is 4.92. The van der Waals surface area contributed by atoms with Crippen LogP contribution >= 0.6 is 0 Å². The van der Waals surface area contributed by atoms with Crippen molar-refractivity contribution in [3.05, 3.63) is 24.3 Å². The summed E-state index contributed by atoms with van der Waals surface area (Å²) in [5, 5.41) is 2.69. The molecule has 2 aromatic rings. The van der Waals surface area contributed by atoms with Crippen molar-refractivity contribution in [3.8, 4) is 0 Å². The molecule has 5 heteroatoms. The smallest absolute Gasteiger partial charge is 0.252 e. The Kier molecular flexibility index (Phi) is 2.87. The number of nitrogens with zero attached hydrogens (tertiary/aromatic N) is 2. The third-order valence-electron chi connectivity index (χ3n) is 2.31. The van der Waals surface area contributed by atoms with Gasteiger partial charge in [-0.05, 0) is 12.1 Å². The summed E-state index contributed by atoms with van der Waals surface area (Å²) in [6.45, 7) is 0.0310. The summed E-state index contributed by atoms with van der Waals surface area (Å²) in [5.74, 6) is 0.323. The van der Waals surface area contributed by atoms with E-state index in [4.69, 9.17) is 4.74 Å². The van der Waals surface area contributed by atoms with Crippen molar-refractivity contribution < 1.29 is 9.53 Å². The van der Waals surface area contributed by atoms with Crippen LogP contribution in [0.4, 0.5) is 5.95 Å². The highest BCUT2D eigenvalue weighted by Gasteiger charge is 2.09. The van der Waals surface area contributed by atoms with E-state index in [-0.39, 0.29) is 12.5 Å². The maximum atomic E-state index is 11.4. The number of nitrogens with one attached hydrogen (secondary N) is 1. The Morgan fingerprint density at radius 3 is 2.94 bits per heavy atom. The van der Waals surface area contributed by atoms with E-state index < -0.39 is 0 Å². The van der Waals surface area contributed by atoms with Gasteiger partial charge in [-0.15, -0.1) is 0 Å². The summed E-state index contributed by atoms with van der Waals surface area (Å²) in [6.07, 6.45) is 0. The molecule has 2 rings (SSSR count). The molecule has 0 unspecified atom stereocenters. The van der Waals surface area contributed by atoms with Gasteiger partial charge >= 0.3 is 0 Å². The Bertz CT molecular complexity index is 519. The van der Waals surface area contributed by atoms with Crippen LogP contribution in [-0.4, -0.2) is 29.2 Å². The molecule has 16 heavy (non-hydrogen) atoms. The van der Waals surface area contributed by atoms with Crippen molar-refractivity contribution in [2.24, 2.45) is 7.05 Å². The number of hydrogen-bond acceptors (Lipinski definition) is 3. The zero-order chi connectivity index (χ0) is 11.5. The molecular weight excluding hydrogens is 206 g/mol. The quantitative estimate of drug-likeness (QED) is 0.842. The number of hydrogen-bond donors (Lipinski definition) is 1. The Hall–Kier alpha value is -1.88. The van der Waals surface area contributed by atoms with Gasteiger partial charge in [0.05, 0.1) is 11.0 Å². The highest BCUT2D eigenvalue weighted by atomic mass is 16.5. The van der Waals surface area contributed by atoms with Gasteiger partial charge in [0, 0.05) is 14.2 Å². The SMILES string of the molecule is COCC(=O)Nc1nc2ccccc2n1C. The number of rotatable bonds is 3. The summed E-state index contributed by atoms with van der Waals surface area (Å²) >= 11 is 0. The highest BCUT2D eigenvalue weighted by Crippen LogP contribution is 2.17. The lowest BCUT2D eigenvalue weighted by Gasteiger charge is -2.03. The molecule has 0 atom stereocenters. The number of aromatic nitrogens is 2. The van der Waals surface area contributed by atoms with Crippen molar-refractivity contribution in [3.63, 3.8) is 0 Å². The van der Waals surface area contributed by atoms with Gasteiger partial charge in [0.1, 0.15) is 6.61 Å². The average molecular weight is 219 g/mol. The molecule has 1 aromatic carbocycles. The van der Waals surface area contributed by atoms with Crippen molar-refractivity contribution in [2.75, 3.05) is 19.0 Å². The van der Waals surface area contributed by atoms with E-state index in [1.54, 1.807) is 0 Å². The van der Waals surface area contributed by atoms with Crippen LogP contribution in [-0.2, 0) is 16.6 Å². The van der Waals surface area contributed by atoms with Gasteiger partial charge in [-0.25, -0.2) is 4.98 Å². The van der Waals surface area contributed by atoms with Gasteiger partial charge in [-0.2, -0.15) is 0 Å². The molecule has 0 aliphatic carbocycles. The van der Waals surface area contributed by atoms with E-state index in [2.05, 4.69) is 10.3 Å². The minimum absolute atomic E-state index is 0.0310. The number of anilines is 1. The standard InChI is InChI=1S/C11H13N3O2/c1-14-9-6-4-3-5-8(9)12-11(14)13-10(15)7-16-2/h3-6H,7H2,1-2H3,(H,12,13,15). The average Bonchev–Trinajstić information content (AvgIpc) is 2.57. The van der Waals surface area contributed by atoms with Gasteiger partial charge in [-0.1, -0.05) is 12.1 Å². The minimum Gasteiger partial charge on any atom is -0.375 e. The second-order valence-corrected chi connectivity index (χ2v) is 3.46. The number of carbonyl (C=O) groups excluding carboxylic acids is 1. The summed E-state index contributed by atoms with van der Waals surface area (Å²) in [5.41, 5.74) is 1.84. The molecule has 0 saturated heterocycles. The van der Waals surface area contributed by atoms with Crippen molar-refractivity contribution >= 4 is 22.9 Å². The second-order valence-electron chi connectivity index (χ2n) is 3.46. The molecule has 0 fully saturated rings. The molecule has 0 spiro atoms. The second kappa shape index (κ2) is 4.32. The fourth-order valence-electron chi connectivity index (χ4n) is 1.55. The first-order valence-electron chi connectivity index (χ1n) is 4.92. The van der Waals surface area contributed by atoms with Crippen molar-refractivity contribution in [1.29, 1.82) is 0 Å². The van der Waals surface area contributed by atoms with Crippen LogP contribution < -0.4 is 5.32 Å². The summed E-state index contributed by atoms with van der Waals surface area (Å²) < 4.78 is 6.58. The highest BCUT2D eigenvalue weighted by molar-refractivity contribution is 5.92. The number of ether oxygens (including phenoxy) is 1. The number of imidazole rings is 1. The third-order valence-corrected chi connectivity index (χ3v) is 2.31. The topological polar surface area (TPSA) is 56.1 Å². The summed E-state index contributed by atoms with van der Waals surface area (Å²) in [7, 11) is 3.34. The number of carbonyl (C=O) groups is 1. The molecule has 0 aliphatic heterocycles. The molecule has 5 nitrogen and oxygen atoms in total.